The van der Waals surface area contributed by atoms with E-state index in [1.165, 1.54) is 30.4 Å². The molecule has 39 heavy (non-hydrogen) atoms. The summed E-state index contributed by atoms with van der Waals surface area (Å²) in [6, 6.07) is 10.3. The molecule has 7 heteroatoms. The van der Waals surface area contributed by atoms with Crippen LogP contribution in [-0.2, 0) is 17.9 Å². The molecule has 1 saturated heterocycles. The van der Waals surface area contributed by atoms with Crippen molar-refractivity contribution < 1.29 is 9.90 Å². The minimum atomic E-state index is -1.05. The lowest BCUT2D eigenvalue weighted by atomic mass is 9.69. The Labute approximate surface area is 233 Å². The second kappa shape index (κ2) is 11.8. The minimum absolute atomic E-state index is 0.371. The molecule has 1 aromatic heterocycles. The van der Waals surface area contributed by atoms with E-state index in [0.717, 1.165) is 53.8 Å². The summed E-state index contributed by atoms with van der Waals surface area (Å²) in [5.74, 6) is 0.713. The number of aliphatic carboxylic acids is 1. The van der Waals surface area contributed by atoms with E-state index in [1.54, 1.807) is 13.8 Å². The number of anilines is 2. The van der Waals surface area contributed by atoms with Crippen LogP contribution in [0.4, 0.5) is 11.4 Å². The molecular formula is C32H45N5O2. The van der Waals surface area contributed by atoms with Gasteiger partial charge in [-0.1, -0.05) is 37.6 Å². The van der Waals surface area contributed by atoms with Crippen molar-refractivity contribution in [1.82, 2.24) is 14.5 Å². The smallest absolute Gasteiger partial charge is 0.310 e. The number of likely N-dealkylation sites (tertiary alicyclic amines) is 1. The molecule has 210 valence electrons. The van der Waals surface area contributed by atoms with Gasteiger partial charge in [0.15, 0.2) is 0 Å². The quantitative estimate of drug-likeness (QED) is 0.276. The van der Waals surface area contributed by atoms with E-state index in [9.17, 15) is 9.90 Å². The highest BCUT2D eigenvalue weighted by Crippen LogP contribution is 2.45. The van der Waals surface area contributed by atoms with Gasteiger partial charge in [-0.15, -0.1) is 0 Å². The van der Waals surface area contributed by atoms with Gasteiger partial charge in [0.05, 0.1) is 23.3 Å². The molecule has 1 aliphatic heterocycles. The van der Waals surface area contributed by atoms with Gasteiger partial charge in [-0.25, -0.2) is 4.98 Å². The van der Waals surface area contributed by atoms with Crippen LogP contribution < -0.4 is 11.1 Å². The number of carboxylic acids is 1. The first-order valence-electron chi connectivity index (χ1n) is 14.2. The molecule has 3 aromatic rings. The van der Waals surface area contributed by atoms with Gasteiger partial charge in [-0.2, -0.15) is 0 Å². The number of hydrogen-bond donors (Lipinski definition) is 3. The lowest BCUT2D eigenvalue weighted by molar-refractivity contribution is -0.147. The molecule has 2 aromatic carbocycles. The van der Waals surface area contributed by atoms with Gasteiger partial charge in [0, 0.05) is 31.9 Å². The number of carbonyl (C=O) groups is 1. The van der Waals surface area contributed by atoms with Gasteiger partial charge in [0.25, 0.3) is 0 Å². The van der Waals surface area contributed by atoms with Crippen LogP contribution in [0.25, 0.3) is 0 Å². The van der Waals surface area contributed by atoms with Crippen molar-refractivity contribution in [2.45, 2.75) is 72.9 Å². The Kier molecular flexibility index (Phi) is 8.70. The summed E-state index contributed by atoms with van der Waals surface area (Å²) in [4.78, 5) is 19.8. The molecule has 7 nitrogen and oxygen atoms in total. The first-order chi connectivity index (χ1) is 18.6. The Morgan fingerprint density at radius 1 is 1.18 bits per heavy atom. The van der Waals surface area contributed by atoms with Crippen LogP contribution in [0, 0.1) is 25.2 Å². The summed E-state index contributed by atoms with van der Waals surface area (Å²) in [6.45, 7) is 13.8. The summed E-state index contributed by atoms with van der Waals surface area (Å²) in [6.07, 6.45) is 7.74. The molecule has 2 heterocycles. The van der Waals surface area contributed by atoms with Crippen LogP contribution in [0.2, 0.25) is 0 Å². The average molecular weight is 532 g/mol. The summed E-state index contributed by atoms with van der Waals surface area (Å²) in [5.41, 5.74) is 12.1. The molecule has 0 radical (unpaired) electrons. The molecule has 1 unspecified atom stereocenters. The fraction of sp³-hybridized carbons (Fsp3) is 0.500. The molecule has 0 amide bonds. The maximum Gasteiger partial charge on any atom is 0.310 e. The summed E-state index contributed by atoms with van der Waals surface area (Å²) >= 11 is 0. The molecule has 4 N–H and O–H groups in total. The van der Waals surface area contributed by atoms with E-state index < -0.39 is 11.4 Å². The molecule has 0 saturated carbocycles. The zero-order chi connectivity index (χ0) is 28.3. The second-order valence-corrected chi connectivity index (χ2v) is 11.7. The third kappa shape index (κ3) is 5.98. The molecular weight excluding hydrogens is 486 g/mol. The maximum absolute atomic E-state index is 12.5. The zero-order valence-electron chi connectivity index (χ0n) is 24.4. The van der Waals surface area contributed by atoms with Crippen LogP contribution in [0.15, 0.2) is 42.7 Å². The van der Waals surface area contributed by atoms with Gasteiger partial charge in [0.2, 0.25) is 0 Å². The SMILES string of the molecule is CCC1CCN(Cc2nccn2Cc2cc(C(c3ccc(NC)c(N)c3C)C(C)(C)C(=O)O)ccc2C)CC1. The Balaban J connectivity index is 1.67. The monoisotopic (exact) mass is 531 g/mol. The fourth-order valence-corrected chi connectivity index (χ4v) is 6.00. The highest BCUT2D eigenvalue weighted by molar-refractivity contribution is 5.78. The van der Waals surface area contributed by atoms with Crippen molar-refractivity contribution in [3.05, 3.63) is 76.4 Å². The first-order valence-corrected chi connectivity index (χ1v) is 14.2. The van der Waals surface area contributed by atoms with Gasteiger partial charge in [0.1, 0.15) is 5.82 Å². The standard InChI is InChI=1S/C32H45N5O2/c1-7-23-12-15-36(16-13-23)20-28-35-14-17-37(28)19-25-18-24(9-8-21(25)2)29(32(4,5)31(38)39)26-10-11-27(34-6)30(33)22(26)3/h8-11,14,17-18,23,29,34H,7,12-13,15-16,19-20,33H2,1-6H3,(H,38,39). The summed E-state index contributed by atoms with van der Waals surface area (Å²) in [7, 11) is 1.84. The van der Waals surface area contributed by atoms with Crippen LogP contribution >= 0.6 is 0 Å². The maximum atomic E-state index is 12.5. The number of nitrogen functional groups attached to an aromatic ring is 1. The molecule has 0 bridgehead atoms. The zero-order valence-corrected chi connectivity index (χ0v) is 24.4. The normalized spacial score (nSPS) is 15.8. The predicted molar refractivity (Wildman–Crippen MR) is 159 cm³/mol. The number of hydrogen-bond acceptors (Lipinski definition) is 5. The van der Waals surface area contributed by atoms with Crippen molar-refractivity contribution in [3.63, 3.8) is 0 Å². The number of aromatic nitrogens is 2. The van der Waals surface area contributed by atoms with Gasteiger partial charge < -0.3 is 20.7 Å². The number of nitrogens with zero attached hydrogens (tertiary/aromatic N) is 3. The van der Waals surface area contributed by atoms with E-state index in [1.807, 2.05) is 32.3 Å². The third-order valence-electron chi connectivity index (χ3n) is 8.91. The van der Waals surface area contributed by atoms with E-state index >= 15 is 0 Å². The first kappa shape index (κ1) is 28.7. The minimum Gasteiger partial charge on any atom is -0.481 e. The van der Waals surface area contributed by atoms with Gasteiger partial charge in [-0.05, 0) is 93.4 Å². The summed E-state index contributed by atoms with van der Waals surface area (Å²) in [5, 5.41) is 13.4. The number of benzene rings is 2. The highest BCUT2D eigenvalue weighted by atomic mass is 16.4. The number of piperidine rings is 1. The van der Waals surface area contributed by atoms with Crippen LogP contribution in [0.1, 0.15) is 79.6 Å². The Bertz CT molecular complexity index is 1300. The molecule has 0 aliphatic carbocycles. The van der Waals surface area contributed by atoms with Crippen molar-refractivity contribution >= 4 is 17.3 Å². The van der Waals surface area contributed by atoms with Crippen molar-refractivity contribution in [1.29, 1.82) is 0 Å². The van der Waals surface area contributed by atoms with E-state index in [4.69, 9.17) is 10.7 Å². The number of nitrogens with one attached hydrogen (secondary N) is 1. The number of aryl methyl sites for hydroxylation is 1. The van der Waals surface area contributed by atoms with Gasteiger partial charge in [-0.3, -0.25) is 9.69 Å². The number of rotatable bonds is 10. The Morgan fingerprint density at radius 3 is 2.54 bits per heavy atom. The molecule has 4 rings (SSSR count). The second-order valence-electron chi connectivity index (χ2n) is 11.7. The average Bonchev–Trinajstić information content (AvgIpc) is 3.35. The lowest BCUT2D eigenvalue weighted by Crippen LogP contribution is -2.34. The lowest BCUT2D eigenvalue weighted by Gasteiger charge is -2.33. The predicted octanol–water partition coefficient (Wildman–Crippen LogP) is 6.04. The van der Waals surface area contributed by atoms with Crippen LogP contribution in [-0.4, -0.2) is 45.7 Å². The third-order valence-corrected chi connectivity index (χ3v) is 8.91. The van der Waals surface area contributed by atoms with E-state index in [0.29, 0.717) is 12.2 Å². The Hall–Kier alpha value is -3.32. The van der Waals surface area contributed by atoms with Crippen molar-refractivity contribution in [2.24, 2.45) is 11.3 Å². The van der Waals surface area contributed by atoms with Crippen molar-refractivity contribution in [3.8, 4) is 0 Å². The molecule has 1 fully saturated rings. The number of nitrogens with two attached hydrogens (primary N) is 1. The molecule has 1 atom stereocenters. The largest absolute Gasteiger partial charge is 0.481 e. The molecule has 1 aliphatic rings. The number of imidazole rings is 1. The van der Waals surface area contributed by atoms with E-state index in [-0.39, 0.29) is 5.92 Å². The van der Waals surface area contributed by atoms with Crippen molar-refractivity contribution in [2.75, 3.05) is 31.2 Å². The van der Waals surface area contributed by atoms with E-state index in [2.05, 4.69) is 53.0 Å². The summed E-state index contributed by atoms with van der Waals surface area (Å²) < 4.78 is 2.24. The van der Waals surface area contributed by atoms with Gasteiger partial charge >= 0.3 is 5.97 Å². The highest BCUT2D eigenvalue weighted by Gasteiger charge is 2.40. The van der Waals surface area contributed by atoms with Crippen LogP contribution in [0.5, 0.6) is 0 Å². The molecule has 0 spiro atoms. The topological polar surface area (TPSA) is 96.4 Å². The van der Waals surface area contributed by atoms with Crippen LogP contribution in [0.3, 0.4) is 0 Å². The number of carboxylic acid groups (broad SMARTS) is 1. The fourth-order valence-electron chi connectivity index (χ4n) is 6.00. The Morgan fingerprint density at radius 2 is 1.90 bits per heavy atom.